The van der Waals surface area contributed by atoms with E-state index in [1.165, 1.54) is 5.56 Å². The second-order valence-electron chi connectivity index (χ2n) is 6.14. The molecule has 3 rings (SSSR count). The number of benzene rings is 1. The molecule has 1 atom stereocenters. The molecule has 0 spiro atoms. The Hall–Kier alpha value is -1.36. The minimum Gasteiger partial charge on any atom is -0.357 e. The second kappa shape index (κ2) is 9.72. The Labute approximate surface area is 177 Å². The Morgan fingerprint density at radius 1 is 1.33 bits per heavy atom. The fraction of sp³-hybridized carbons (Fsp3) is 0.444. The van der Waals surface area contributed by atoms with Gasteiger partial charge in [0, 0.05) is 30.9 Å². The van der Waals surface area contributed by atoms with Crippen molar-refractivity contribution in [2.75, 3.05) is 19.6 Å². The molecule has 0 saturated carbocycles. The first kappa shape index (κ1) is 21.9. The summed E-state index contributed by atoms with van der Waals surface area (Å²) in [5.74, 6) is 1.17. The third kappa shape index (κ3) is 5.81. The van der Waals surface area contributed by atoms with Crippen LogP contribution >= 0.6 is 35.3 Å². The van der Waals surface area contributed by atoms with E-state index < -0.39 is 11.9 Å². The van der Waals surface area contributed by atoms with E-state index in [1.54, 1.807) is 0 Å². The summed E-state index contributed by atoms with van der Waals surface area (Å²) in [4.78, 5) is 10.3. The van der Waals surface area contributed by atoms with Crippen LogP contribution in [0.3, 0.4) is 0 Å². The van der Waals surface area contributed by atoms with Gasteiger partial charge < -0.3 is 10.2 Å². The van der Waals surface area contributed by atoms with Crippen molar-refractivity contribution in [3.63, 3.8) is 0 Å². The van der Waals surface area contributed by atoms with Crippen LogP contribution in [0.5, 0.6) is 0 Å². The average molecular weight is 510 g/mol. The lowest BCUT2D eigenvalue weighted by molar-refractivity contribution is -0.140. The maximum Gasteiger partial charge on any atom is 0.434 e. The number of likely N-dealkylation sites (tertiary alicyclic amines) is 1. The number of rotatable bonds is 4. The van der Waals surface area contributed by atoms with Crippen LogP contribution in [0, 0.1) is 0 Å². The lowest BCUT2D eigenvalue weighted by Gasteiger charge is -2.21. The van der Waals surface area contributed by atoms with Gasteiger partial charge in [-0.3, -0.25) is 0 Å². The molecule has 2 heterocycles. The number of aliphatic imine (C=N–C) groups is 1. The third-order valence-corrected chi connectivity index (χ3v) is 5.13. The Morgan fingerprint density at radius 2 is 2.07 bits per heavy atom. The molecule has 9 heteroatoms. The highest BCUT2D eigenvalue weighted by molar-refractivity contribution is 14.0. The predicted molar refractivity (Wildman–Crippen MR) is 113 cm³/mol. The van der Waals surface area contributed by atoms with E-state index in [-0.39, 0.29) is 30.5 Å². The van der Waals surface area contributed by atoms with Crippen molar-refractivity contribution >= 4 is 41.3 Å². The SMILES string of the molecule is CCNC(=NCc1nc(C(F)(F)F)cs1)N1CCC(c2ccccc2)C1.I. The molecule has 1 aliphatic rings. The van der Waals surface area contributed by atoms with Gasteiger partial charge in [-0.05, 0) is 18.9 Å². The molecule has 1 aliphatic heterocycles. The molecule has 1 unspecified atom stereocenters. The largest absolute Gasteiger partial charge is 0.434 e. The molecule has 1 saturated heterocycles. The molecule has 1 aromatic carbocycles. The number of hydrogen-bond donors (Lipinski definition) is 1. The third-order valence-electron chi connectivity index (χ3n) is 4.30. The molecule has 1 fully saturated rings. The maximum absolute atomic E-state index is 12.7. The zero-order chi connectivity index (χ0) is 18.6. The second-order valence-corrected chi connectivity index (χ2v) is 7.08. The molecule has 148 valence electrons. The maximum atomic E-state index is 12.7. The Balaban J connectivity index is 0.00000261. The van der Waals surface area contributed by atoms with Crippen molar-refractivity contribution in [1.29, 1.82) is 0 Å². The van der Waals surface area contributed by atoms with E-state index in [2.05, 4.69) is 32.3 Å². The summed E-state index contributed by atoms with van der Waals surface area (Å²) in [7, 11) is 0. The predicted octanol–water partition coefficient (Wildman–Crippen LogP) is 4.73. The lowest BCUT2D eigenvalue weighted by atomic mass is 9.99. The lowest BCUT2D eigenvalue weighted by Crippen LogP contribution is -2.40. The number of nitrogens with one attached hydrogen (secondary N) is 1. The van der Waals surface area contributed by atoms with Gasteiger partial charge in [-0.1, -0.05) is 30.3 Å². The number of thiazole rings is 1. The molecule has 4 nitrogen and oxygen atoms in total. The van der Waals surface area contributed by atoms with Crippen LogP contribution in [0.4, 0.5) is 13.2 Å². The van der Waals surface area contributed by atoms with Gasteiger partial charge in [-0.2, -0.15) is 13.2 Å². The quantitative estimate of drug-likeness (QED) is 0.367. The van der Waals surface area contributed by atoms with Gasteiger partial charge in [0.25, 0.3) is 0 Å². The van der Waals surface area contributed by atoms with Crippen LogP contribution < -0.4 is 5.32 Å². The minimum atomic E-state index is -4.40. The molecule has 0 aliphatic carbocycles. The van der Waals surface area contributed by atoms with E-state index in [0.717, 1.165) is 42.2 Å². The molecular formula is C18H22F3IN4S. The summed E-state index contributed by atoms with van der Waals surface area (Å²) in [6.07, 6.45) is -3.37. The summed E-state index contributed by atoms with van der Waals surface area (Å²) < 4.78 is 38.0. The standard InChI is InChI=1S/C18H21F3N4S.HI/c1-2-22-17(23-10-16-24-15(12-26-16)18(19,20)21)25-9-8-14(11-25)13-6-4-3-5-7-13;/h3-7,12,14H,2,8-11H2,1H3,(H,22,23);1H. The number of halogens is 4. The number of nitrogens with zero attached hydrogens (tertiary/aromatic N) is 3. The fourth-order valence-electron chi connectivity index (χ4n) is 3.03. The van der Waals surface area contributed by atoms with E-state index in [4.69, 9.17) is 0 Å². The molecule has 0 bridgehead atoms. The smallest absolute Gasteiger partial charge is 0.357 e. The van der Waals surface area contributed by atoms with Crippen LogP contribution in [-0.2, 0) is 12.7 Å². The van der Waals surface area contributed by atoms with Crippen LogP contribution in [0.25, 0.3) is 0 Å². The summed E-state index contributed by atoms with van der Waals surface area (Å²) >= 11 is 0.992. The number of alkyl halides is 3. The summed E-state index contributed by atoms with van der Waals surface area (Å²) in [5, 5.41) is 4.64. The van der Waals surface area contributed by atoms with Gasteiger partial charge in [0.15, 0.2) is 11.7 Å². The Morgan fingerprint density at radius 3 is 2.70 bits per heavy atom. The van der Waals surface area contributed by atoms with Gasteiger partial charge in [-0.25, -0.2) is 9.98 Å². The van der Waals surface area contributed by atoms with Crippen molar-refractivity contribution in [3.8, 4) is 0 Å². The molecule has 1 N–H and O–H groups in total. The summed E-state index contributed by atoms with van der Waals surface area (Å²) in [6.45, 7) is 4.55. The molecule has 0 amide bonds. The van der Waals surface area contributed by atoms with E-state index in [9.17, 15) is 13.2 Å². The molecule has 0 radical (unpaired) electrons. The van der Waals surface area contributed by atoms with Crippen LogP contribution in [0.15, 0.2) is 40.7 Å². The monoisotopic (exact) mass is 510 g/mol. The topological polar surface area (TPSA) is 40.5 Å². The zero-order valence-corrected chi connectivity index (χ0v) is 18.0. The number of hydrogen-bond acceptors (Lipinski definition) is 3. The highest BCUT2D eigenvalue weighted by Crippen LogP contribution is 2.30. The molecule has 27 heavy (non-hydrogen) atoms. The fourth-order valence-corrected chi connectivity index (χ4v) is 3.76. The molecule has 1 aromatic heterocycles. The average Bonchev–Trinajstić information content (AvgIpc) is 3.29. The minimum absolute atomic E-state index is 0. The Bertz CT molecular complexity index is 749. The number of guanidine groups is 1. The normalized spacial score (nSPS) is 17.7. The number of aromatic nitrogens is 1. The Kier molecular flexibility index (Phi) is 7.90. The van der Waals surface area contributed by atoms with Gasteiger partial charge in [0.2, 0.25) is 0 Å². The van der Waals surface area contributed by atoms with Crippen molar-refractivity contribution in [1.82, 2.24) is 15.2 Å². The van der Waals surface area contributed by atoms with Crippen LogP contribution in [0.1, 0.15) is 35.5 Å². The summed E-state index contributed by atoms with van der Waals surface area (Å²) in [5.41, 5.74) is 0.462. The first-order valence-corrected chi connectivity index (χ1v) is 9.45. The molecule has 2 aromatic rings. The van der Waals surface area contributed by atoms with Crippen LogP contribution in [0.2, 0.25) is 0 Å². The van der Waals surface area contributed by atoms with Crippen molar-refractivity contribution in [2.24, 2.45) is 4.99 Å². The van der Waals surface area contributed by atoms with Crippen molar-refractivity contribution in [3.05, 3.63) is 52.0 Å². The van der Waals surface area contributed by atoms with E-state index in [1.807, 2.05) is 25.1 Å². The van der Waals surface area contributed by atoms with Crippen LogP contribution in [-0.4, -0.2) is 35.5 Å². The van der Waals surface area contributed by atoms with Crippen molar-refractivity contribution in [2.45, 2.75) is 32.0 Å². The summed E-state index contributed by atoms with van der Waals surface area (Å²) in [6, 6.07) is 10.3. The highest BCUT2D eigenvalue weighted by Gasteiger charge is 2.33. The van der Waals surface area contributed by atoms with Gasteiger partial charge >= 0.3 is 6.18 Å². The highest BCUT2D eigenvalue weighted by atomic mass is 127. The van der Waals surface area contributed by atoms with E-state index in [0.29, 0.717) is 17.5 Å². The van der Waals surface area contributed by atoms with Crippen molar-refractivity contribution < 1.29 is 13.2 Å². The zero-order valence-electron chi connectivity index (χ0n) is 14.9. The molecular weight excluding hydrogens is 488 g/mol. The van der Waals surface area contributed by atoms with Gasteiger partial charge in [-0.15, -0.1) is 35.3 Å². The first-order valence-electron chi connectivity index (χ1n) is 8.57. The van der Waals surface area contributed by atoms with E-state index >= 15 is 0 Å². The first-order chi connectivity index (χ1) is 12.5. The van der Waals surface area contributed by atoms with Gasteiger partial charge in [0.1, 0.15) is 5.01 Å². The van der Waals surface area contributed by atoms with Gasteiger partial charge in [0.05, 0.1) is 6.54 Å².